The van der Waals surface area contributed by atoms with Gasteiger partial charge in [0.15, 0.2) is 23.8 Å². The minimum atomic E-state index is -0.0528. The lowest BCUT2D eigenvalue weighted by Gasteiger charge is -2.16. The van der Waals surface area contributed by atoms with E-state index < -0.39 is 0 Å². The minimum absolute atomic E-state index is 0.0334. The number of hydrogen-bond acceptors (Lipinski definition) is 2. The molecule has 3 heteroatoms. The van der Waals surface area contributed by atoms with Crippen molar-refractivity contribution in [1.82, 2.24) is 0 Å². The van der Waals surface area contributed by atoms with Crippen molar-refractivity contribution in [3.63, 3.8) is 0 Å². The molecule has 1 heterocycles. The smallest absolute Gasteiger partial charge is 0.171 e. The van der Waals surface area contributed by atoms with E-state index in [0.717, 1.165) is 17.5 Å². The maximum Gasteiger partial charge on any atom is 0.171 e. The summed E-state index contributed by atoms with van der Waals surface area (Å²) < 4.78 is 2.11. The van der Waals surface area contributed by atoms with Crippen LogP contribution in [0, 0.1) is 0 Å². The Labute approximate surface area is 82.9 Å². The molecule has 1 aromatic rings. The lowest BCUT2D eigenvalue weighted by molar-refractivity contribution is -0.530. The third kappa shape index (κ3) is 1.35. The van der Waals surface area contributed by atoms with E-state index in [1.807, 2.05) is 13.3 Å². The van der Waals surface area contributed by atoms with Crippen LogP contribution in [-0.4, -0.2) is 34.1 Å². The zero-order valence-corrected chi connectivity index (χ0v) is 8.36. The van der Waals surface area contributed by atoms with Gasteiger partial charge < -0.3 is 10.2 Å². The van der Waals surface area contributed by atoms with Gasteiger partial charge in [0.25, 0.3) is 0 Å². The molecule has 0 bridgehead atoms. The maximum atomic E-state index is 9.35. The Morgan fingerprint density at radius 1 is 1.29 bits per heavy atom. The van der Waals surface area contributed by atoms with Crippen LogP contribution in [0.5, 0.6) is 11.5 Å². The van der Waals surface area contributed by atoms with Crippen LogP contribution in [0.15, 0.2) is 12.1 Å². The topological polar surface area (TPSA) is 43.5 Å². The molecule has 2 rings (SSSR count). The van der Waals surface area contributed by atoms with Gasteiger partial charge in [0, 0.05) is 12.0 Å². The van der Waals surface area contributed by atoms with Crippen LogP contribution in [-0.2, 0) is 6.42 Å². The number of phenolic OH excluding ortho intramolecular Hbond substituents is 2. The first-order chi connectivity index (χ1) is 6.58. The first-order valence-electron chi connectivity index (χ1n) is 4.69. The first-order valence-corrected chi connectivity index (χ1v) is 4.69. The Bertz CT molecular complexity index is 410. The number of aromatic hydroxyl groups is 2. The molecule has 1 atom stereocenters. The Morgan fingerprint density at radius 2 is 1.93 bits per heavy atom. The van der Waals surface area contributed by atoms with Crippen molar-refractivity contribution in [3.8, 4) is 11.5 Å². The average molecular weight is 192 g/mol. The van der Waals surface area contributed by atoms with Crippen LogP contribution in [0.25, 0.3) is 0 Å². The number of nitrogens with zero attached hydrogens (tertiary/aromatic N) is 1. The van der Waals surface area contributed by atoms with E-state index in [1.54, 1.807) is 12.1 Å². The molecule has 74 valence electrons. The van der Waals surface area contributed by atoms with E-state index in [-0.39, 0.29) is 11.5 Å². The van der Waals surface area contributed by atoms with E-state index in [4.69, 9.17) is 0 Å². The maximum absolute atomic E-state index is 9.35. The van der Waals surface area contributed by atoms with Crippen LogP contribution in [0.3, 0.4) is 0 Å². The van der Waals surface area contributed by atoms with Crippen LogP contribution in [0.1, 0.15) is 18.1 Å². The molecule has 0 saturated carbocycles. The summed E-state index contributed by atoms with van der Waals surface area (Å²) in [6.07, 6.45) is 2.89. The highest BCUT2D eigenvalue weighted by atomic mass is 16.3. The van der Waals surface area contributed by atoms with E-state index in [2.05, 4.69) is 11.5 Å². The van der Waals surface area contributed by atoms with Gasteiger partial charge in [-0.05, 0) is 24.6 Å². The second-order valence-corrected chi connectivity index (χ2v) is 3.89. The predicted molar refractivity (Wildman–Crippen MR) is 54.3 cm³/mol. The molecule has 2 N–H and O–H groups in total. The van der Waals surface area contributed by atoms with Crippen LogP contribution >= 0.6 is 0 Å². The number of rotatable bonds is 0. The molecule has 0 amide bonds. The molecule has 0 aromatic heterocycles. The van der Waals surface area contributed by atoms with E-state index in [1.165, 1.54) is 0 Å². The summed E-state index contributed by atoms with van der Waals surface area (Å²) in [5.41, 5.74) is 2.08. The summed E-state index contributed by atoms with van der Waals surface area (Å²) in [5, 5.41) is 18.7. The summed E-state index contributed by atoms with van der Waals surface area (Å²) >= 11 is 0. The molecule has 14 heavy (non-hydrogen) atoms. The fourth-order valence-corrected chi connectivity index (χ4v) is 1.74. The lowest BCUT2D eigenvalue weighted by Crippen LogP contribution is -2.27. The summed E-state index contributed by atoms with van der Waals surface area (Å²) in [7, 11) is 2.01. The van der Waals surface area contributed by atoms with Gasteiger partial charge in [0.05, 0.1) is 0 Å². The number of fused-ring (bicyclic) bond motifs is 1. The fraction of sp³-hybridized carbons (Fsp3) is 0.364. The van der Waals surface area contributed by atoms with Gasteiger partial charge in [-0.2, -0.15) is 0 Å². The van der Waals surface area contributed by atoms with Gasteiger partial charge in [0.2, 0.25) is 0 Å². The molecular weight excluding hydrogens is 178 g/mol. The standard InChI is InChI=1S/C11H13NO2/c1-7-3-8-4-10(13)11(14)5-9(8)6-12(7)2/h4-7,14H,3H2,1-2H3/p+1/t7-/m0/s1. The highest BCUT2D eigenvalue weighted by Gasteiger charge is 2.21. The van der Waals surface area contributed by atoms with Gasteiger partial charge in [-0.3, -0.25) is 0 Å². The van der Waals surface area contributed by atoms with Gasteiger partial charge in [-0.25, -0.2) is 4.58 Å². The molecule has 1 aliphatic rings. The SMILES string of the molecule is C[C@H]1Cc2cc(O)c(O)cc2C=[N+]1C. The first kappa shape index (κ1) is 9.06. The lowest BCUT2D eigenvalue weighted by atomic mass is 9.97. The molecule has 0 spiro atoms. The van der Waals surface area contributed by atoms with Gasteiger partial charge in [-0.15, -0.1) is 0 Å². The Morgan fingerprint density at radius 3 is 2.64 bits per heavy atom. The molecule has 0 radical (unpaired) electrons. The number of hydrogen-bond donors (Lipinski definition) is 2. The number of phenols is 2. The summed E-state index contributed by atoms with van der Waals surface area (Å²) in [6, 6.07) is 3.68. The van der Waals surface area contributed by atoms with Gasteiger partial charge in [0.1, 0.15) is 7.05 Å². The molecule has 3 nitrogen and oxygen atoms in total. The largest absolute Gasteiger partial charge is 0.504 e. The quantitative estimate of drug-likeness (QED) is 0.477. The zero-order chi connectivity index (χ0) is 10.3. The van der Waals surface area contributed by atoms with Crippen molar-refractivity contribution < 1.29 is 14.8 Å². The van der Waals surface area contributed by atoms with Gasteiger partial charge >= 0.3 is 0 Å². The number of likely N-dealkylation sites (N-methyl/N-ethyl adjacent to an activating group) is 1. The van der Waals surface area contributed by atoms with Crippen LogP contribution in [0.4, 0.5) is 0 Å². The normalized spacial score (nSPS) is 20.1. The summed E-state index contributed by atoms with van der Waals surface area (Å²) in [4.78, 5) is 0. The fourth-order valence-electron chi connectivity index (χ4n) is 1.74. The van der Waals surface area contributed by atoms with Crippen molar-refractivity contribution in [1.29, 1.82) is 0 Å². The summed E-state index contributed by atoms with van der Waals surface area (Å²) in [5.74, 6) is -0.0862. The molecule has 1 aromatic carbocycles. The second kappa shape index (κ2) is 3.01. The predicted octanol–water partition coefficient (Wildman–Crippen LogP) is 1.10. The van der Waals surface area contributed by atoms with E-state index >= 15 is 0 Å². The van der Waals surface area contributed by atoms with Crippen molar-refractivity contribution in [2.24, 2.45) is 0 Å². The molecule has 0 unspecified atom stereocenters. The van der Waals surface area contributed by atoms with Crippen molar-refractivity contribution in [2.75, 3.05) is 7.05 Å². The highest BCUT2D eigenvalue weighted by Crippen LogP contribution is 2.29. The third-order valence-corrected chi connectivity index (χ3v) is 2.79. The Hall–Kier alpha value is -1.51. The summed E-state index contributed by atoms with van der Waals surface area (Å²) in [6.45, 7) is 2.13. The Balaban J connectivity index is 2.55. The monoisotopic (exact) mass is 192 g/mol. The molecule has 0 saturated heterocycles. The van der Waals surface area contributed by atoms with Crippen molar-refractivity contribution in [2.45, 2.75) is 19.4 Å². The Kier molecular flexibility index (Phi) is 1.95. The molecule has 0 fully saturated rings. The third-order valence-electron chi connectivity index (χ3n) is 2.79. The molecule has 1 aliphatic heterocycles. The molecule has 0 aliphatic carbocycles. The zero-order valence-electron chi connectivity index (χ0n) is 8.36. The second-order valence-electron chi connectivity index (χ2n) is 3.89. The van der Waals surface area contributed by atoms with E-state index in [9.17, 15) is 10.2 Å². The van der Waals surface area contributed by atoms with Gasteiger partial charge in [-0.1, -0.05) is 0 Å². The highest BCUT2D eigenvalue weighted by molar-refractivity contribution is 5.80. The minimum Gasteiger partial charge on any atom is -0.504 e. The average Bonchev–Trinajstić information content (AvgIpc) is 2.11. The number of benzene rings is 1. The van der Waals surface area contributed by atoms with Crippen LogP contribution < -0.4 is 0 Å². The van der Waals surface area contributed by atoms with Crippen molar-refractivity contribution in [3.05, 3.63) is 23.3 Å². The van der Waals surface area contributed by atoms with Crippen LogP contribution in [0.2, 0.25) is 0 Å². The molecular formula is C11H14NO2+. The van der Waals surface area contributed by atoms with E-state index in [0.29, 0.717) is 6.04 Å². The van der Waals surface area contributed by atoms with Crippen molar-refractivity contribution >= 4 is 6.21 Å².